The molecule has 0 bridgehead atoms. The van der Waals surface area contributed by atoms with E-state index in [-0.39, 0.29) is 43.9 Å². The molecule has 0 spiro atoms. The molecule has 0 aromatic carbocycles. The Balaban J connectivity index is 1.76. The minimum absolute atomic E-state index is 0.0359. The summed E-state index contributed by atoms with van der Waals surface area (Å²) in [5.74, 6) is -0.500. The number of likely N-dealkylation sites (tertiary alicyclic amines) is 1. The van der Waals surface area contributed by atoms with Crippen molar-refractivity contribution in [2.24, 2.45) is 0 Å². The average Bonchev–Trinajstić information content (AvgIpc) is 2.99. The molecule has 2 fully saturated rings. The van der Waals surface area contributed by atoms with Crippen molar-refractivity contribution in [1.82, 2.24) is 19.1 Å². The minimum atomic E-state index is -3.66. The fourth-order valence-corrected chi connectivity index (χ4v) is 4.58. The molecule has 11 heteroatoms. The number of aromatic nitrogens is 1. The third kappa shape index (κ3) is 4.37. The van der Waals surface area contributed by atoms with Gasteiger partial charge in [-0.1, -0.05) is 0 Å². The van der Waals surface area contributed by atoms with Gasteiger partial charge in [-0.3, -0.25) is 9.78 Å². The summed E-state index contributed by atoms with van der Waals surface area (Å²) < 4.78 is 32.1. The molecule has 2 atom stereocenters. The number of nitrogens with one attached hydrogen (secondary N) is 1. The van der Waals surface area contributed by atoms with Crippen LogP contribution in [0.3, 0.4) is 0 Å². The molecule has 0 radical (unpaired) electrons. The van der Waals surface area contributed by atoms with E-state index in [1.807, 2.05) is 0 Å². The standard InChI is InChI=1S/C16H23N5O5S/c1-19(2)15(22)11-21-13-9-20(10-14(13)26-6-7-27(21,24)25)16(23)18-12-4-3-5-17-8-12/h3-5,8,13-14H,6-7,9-11H2,1-2H3,(H,18,23)/t13-,14+/m1/s1. The Hall–Kier alpha value is -2.24. The highest BCUT2D eigenvalue weighted by Gasteiger charge is 2.46. The zero-order valence-electron chi connectivity index (χ0n) is 15.2. The lowest BCUT2D eigenvalue weighted by atomic mass is 10.2. The lowest BCUT2D eigenvalue weighted by Crippen LogP contribution is -2.50. The van der Waals surface area contributed by atoms with Crippen molar-refractivity contribution in [3.63, 3.8) is 0 Å². The first-order chi connectivity index (χ1) is 12.8. The first-order valence-corrected chi connectivity index (χ1v) is 10.2. The second-order valence-corrected chi connectivity index (χ2v) is 8.74. The van der Waals surface area contributed by atoms with E-state index in [9.17, 15) is 18.0 Å². The van der Waals surface area contributed by atoms with E-state index in [2.05, 4.69) is 10.3 Å². The Morgan fingerprint density at radius 2 is 2.15 bits per heavy atom. The lowest BCUT2D eigenvalue weighted by molar-refractivity contribution is -0.129. The normalized spacial score (nSPS) is 24.7. The molecule has 3 amide bonds. The summed E-state index contributed by atoms with van der Waals surface area (Å²) in [5.41, 5.74) is 0.544. The first kappa shape index (κ1) is 19.5. The molecule has 148 valence electrons. The number of amides is 3. The number of anilines is 1. The number of hydrogen-bond donors (Lipinski definition) is 1. The summed E-state index contributed by atoms with van der Waals surface area (Å²) in [6, 6.07) is 2.45. The molecule has 0 aliphatic carbocycles. The first-order valence-electron chi connectivity index (χ1n) is 8.55. The second kappa shape index (κ2) is 7.79. The molecule has 2 aliphatic rings. The van der Waals surface area contributed by atoms with Crippen LogP contribution in [0.5, 0.6) is 0 Å². The van der Waals surface area contributed by atoms with Crippen molar-refractivity contribution in [1.29, 1.82) is 0 Å². The van der Waals surface area contributed by atoms with Crippen molar-refractivity contribution in [3.05, 3.63) is 24.5 Å². The van der Waals surface area contributed by atoms with Crippen LogP contribution in [0.2, 0.25) is 0 Å². The van der Waals surface area contributed by atoms with E-state index in [1.54, 1.807) is 32.4 Å². The molecule has 1 aromatic rings. The molecule has 3 heterocycles. The molecular weight excluding hydrogens is 374 g/mol. The maximum Gasteiger partial charge on any atom is 0.322 e. The van der Waals surface area contributed by atoms with Crippen molar-refractivity contribution in [2.75, 3.05) is 51.4 Å². The smallest absolute Gasteiger partial charge is 0.322 e. The predicted octanol–water partition coefficient (Wildman–Crippen LogP) is -0.583. The molecule has 2 aliphatic heterocycles. The molecule has 2 saturated heterocycles. The Bertz CT molecular complexity index is 801. The quantitative estimate of drug-likeness (QED) is 0.730. The van der Waals surface area contributed by atoms with Gasteiger partial charge >= 0.3 is 6.03 Å². The largest absolute Gasteiger partial charge is 0.374 e. The third-order valence-electron chi connectivity index (χ3n) is 4.63. The van der Waals surface area contributed by atoms with Crippen molar-refractivity contribution in [2.45, 2.75) is 12.1 Å². The molecule has 0 unspecified atom stereocenters. The fourth-order valence-electron chi connectivity index (χ4n) is 3.12. The van der Waals surface area contributed by atoms with Crippen LogP contribution in [-0.4, -0.2) is 97.7 Å². The molecule has 27 heavy (non-hydrogen) atoms. The molecule has 3 rings (SSSR count). The van der Waals surface area contributed by atoms with E-state index in [1.165, 1.54) is 20.3 Å². The highest BCUT2D eigenvalue weighted by molar-refractivity contribution is 7.89. The average molecular weight is 397 g/mol. The molecule has 10 nitrogen and oxygen atoms in total. The number of hydrogen-bond acceptors (Lipinski definition) is 6. The van der Waals surface area contributed by atoms with Gasteiger partial charge in [0.2, 0.25) is 15.9 Å². The van der Waals surface area contributed by atoms with Gasteiger partial charge < -0.3 is 19.9 Å². The van der Waals surface area contributed by atoms with Gasteiger partial charge in [0.25, 0.3) is 0 Å². The predicted molar refractivity (Wildman–Crippen MR) is 97.5 cm³/mol. The summed E-state index contributed by atoms with van der Waals surface area (Å²) in [6.07, 6.45) is 2.65. The zero-order chi connectivity index (χ0) is 19.6. The second-order valence-electron chi connectivity index (χ2n) is 6.70. The molecule has 0 saturated carbocycles. The number of nitrogens with zero attached hydrogens (tertiary/aromatic N) is 4. The van der Waals surface area contributed by atoms with Gasteiger partial charge in [-0.05, 0) is 12.1 Å². The number of fused-ring (bicyclic) bond motifs is 1. The Labute approximate surface area is 158 Å². The lowest BCUT2D eigenvalue weighted by Gasteiger charge is -2.28. The van der Waals surface area contributed by atoms with Gasteiger partial charge in [0.1, 0.15) is 0 Å². The number of carbonyl (C=O) groups excluding carboxylic acids is 2. The van der Waals surface area contributed by atoms with Gasteiger partial charge in [0.15, 0.2) is 0 Å². The molecule has 1 aromatic heterocycles. The number of likely N-dealkylation sites (N-methyl/N-ethyl adjacent to an activating group) is 1. The van der Waals surface area contributed by atoms with Crippen LogP contribution in [0.4, 0.5) is 10.5 Å². The SMILES string of the molecule is CN(C)C(=O)CN1[C@@H]2CN(C(=O)Nc3cccnc3)C[C@@H]2OCCS1(=O)=O. The van der Waals surface area contributed by atoms with Crippen LogP contribution >= 0.6 is 0 Å². The maximum absolute atomic E-state index is 12.6. The van der Waals surface area contributed by atoms with Gasteiger partial charge in [0.05, 0.1) is 49.5 Å². The van der Waals surface area contributed by atoms with E-state index < -0.39 is 22.2 Å². The summed E-state index contributed by atoms with van der Waals surface area (Å²) in [5, 5.41) is 2.73. The van der Waals surface area contributed by atoms with Crippen LogP contribution in [0.1, 0.15) is 0 Å². The van der Waals surface area contributed by atoms with Gasteiger partial charge in [0, 0.05) is 26.8 Å². The van der Waals surface area contributed by atoms with E-state index in [4.69, 9.17) is 4.74 Å². The third-order valence-corrected chi connectivity index (χ3v) is 6.42. The summed E-state index contributed by atoms with van der Waals surface area (Å²) in [7, 11) is -0.513. The van der Waals surface area contributed by atoms with Crippen molar-refractivity contribution < 1.29 is 22.7 Å². The van der Waals surface area contributed by atoms with Gasteiger partial charge in [-0.25, -0.2) is 13.2 Å². The highest BCUT2D eigenvalue weighted by atomic mass is 32.2. The monoisotopic (exact) mass is 397 g/mol. The maximum atomic E-state index is 12.6. The molecule has 1 N–H and O–H groups in total. The fraction of sp³-hybridized carbons (Fsp3) is 0.562. The Morgan fingerprint density at radius 1 is 1.37 bits per heavy atom. The Morgan fingerprint density at radius 3 is 2.81 bits per heavy atom. The van der Waals surface area contributed by atoms with Crippen LogP contribution in [0.15, 0.2) is 24.5 Å². The van der Waals surface area contributed by atoms with E-state index in [0.717, 1.165) is 0 Å². The number of sulfonamides is 1. The topological polar surface area (TPSA) is 112 Å². The number of ether oxygens (including phenoxy) is 1. The van der Waals surface area contributed by atoms with E-state index in [0.29, 0.717) is 5.69 Å². The van der Waals surface area contributed by atoms with Crippen LogP contribution in [0.25, 0.3) is 0 Å². The summed E-state index contributed by atoms with van der Waals surface area (Å²) >= 11 is 0. The van der Waals surface area contributed by atoms with Crippen molar-refractivity contribution in [3.8, 4) is 0 Å². The van der Waals surface area contributed by atoms with Gasteiger partial charge in [-0.15, -0.1) is 0 Å². The van der Waals surface area contributed by atoms with Gasteiger partial charge in [-0.2, -0.15) is 4.31 Å². The minimum Gasteiger partial charge on any atom is -0.374 e. The summed E-state index contributed by atoms with van der Waals surface area (Å²) in [6.45, 7) is 0.168. The molecular formula is C16H23N5O5S. The Kier molecular flexibility index (Phi) is 5.63. The van der Waals surface area contributed by atoms with Crippen LogP contribution in [-0.2, 0) is 19.6 Å². The summed E-state index contributed by atoms with van der Waals surface area (Å²) in [4.78, 5) is 31.4. The van der Waals surface area contributed by atoms with Crippen LogP contribution < -0.4 is 5.32 Å². The zero-order valence-corrected chi connectivity index (χ0v) is 16.1. The van der Waals surface area contributed by atoms with Crippen molar-refractivity contribution >= 4 is 27.6 Å². The number of carbonyl (C=O) groups is 2. The van der Waals surface area contributed by atoms with E-state index >= 15 is 0 Å². The number of rotatable bonds is 3. The van der Waals surface area contributed by atoms with Crippen LogP contribution in [0, 0.1) is 0 Å². The number of pyridine rings is 1. The highest BCUT2D eigenvalue weighted by Crippen LogP contribution is 2.25. The number of urea groups is 1.